The molecule has 78 valence electrons. The fourth-order valence-electron chi connectivity index (χ4n) is 0.952. The number of H-pyrrole nitrogens is 1. The lowest BCUT2D eigenvalue weighted by Crippen LogP contribution is -2.25. The molecule has 0 aliphatic heterocycles. The molecule has 0 aliphatic carbocycles. The highest BCUT2D eigenvalue weighted by atomic mass is 16.2. The minimum absolute atomic E-state index is 0.213. The van der Waals surface area contributed by atoms with Crippen molar-refractivity contribution in [2.24, 2.45) is 0 Å². The van der Waals surface area contributed by atoms with E-state index in [1.54, 1.807) is 0 Å². The zero-order valence-corrected chi connectivity index (χ0v) is 8.79. The monoisotopic (exact) mass is 196 g/mol. The van der Waals surface area contributed by atoms with Crippen molar-refractivity contribution in [2.45, 2.75) is 33.1 Å². The summed E-state index contributed by atoms with van der Waals surface area (Å²) < 4.78 is 0. The summed E-state index contributed by atoms with van der Waals surface area (Å²) in [7, 11) is 0. The van der Waals surface area contributed by atoms with Gasteiger partial charge in [0, 0.05) is 12.5 Å². The third-order valence-electron chi connectivity index (χ3n) is 1.79. The van der Waals surface area contributed by atoms with Gasteiger partial charge >= 0.3 is 0 Å². The molecule has 1 heterocycles. The van der Waals surface area contributed by atoms with Crippen LogP contribution in [0.1, 0.15) is 49.6 Å². The standard InChI is InChI=1S/C9H16N4O/c1-4-5-10-9(14)8-11-7(6(2)3)12-13-8/h6H,4-5H2,1-3H3,(H,10,14)(H,11,12,13). The molecule has 0 radical (unpaired) electrons. The van der Waals surface area contributed by atoms with Crippen LogP contribution in [0.25, 0.3) is 0 Å². The van der Waals surface area contributed by atoms with Crippen molar-refractivity contribution in [3.8, 4) is 0 Å². The first-order valence-electron chi connectivity index (χ1n) is 4.85. The lowest BCUT2D eigenvalue weighted by atomic mass is 10.2. The summed E-state index contributed by atoms with van der Waals surface area (Å²) in [6.07, 6.45) is 0.910. The molecule has 14 heavy (non-hydrogen) atoms. The predicted octanol–water partition coefficient (Wildman–Crippen LogP) is 1.07. The number of carbonyl (C=O) groups is 1. The summed E-state index contributed by atoms with van der Waals surface area (Å²) in [5, 5.41) is 9.30. The molecule has 0 aromatic carbocycles. The van der Waals surface area contributed by atoms with Gasteiger partial charge in [0.05, 0.1) is 0 Å². The van der Waals surface area contributed by atoms with Crippen molar-refractivity contribution >= 4 is 5.91 Å². The van der Waals surface area contributed by atoms with E-state index in [1.165, 1.54) is 0 Å². The second-order valence-corrected chi connectivity index (χ2v) is 3.45. The van der Waals surface area contributed by atoms with Crippen LogP contribution in [0.5, 0.6) is 0 Å². The maximum atomic E-state index is 11.4. The molecule has 0 saturated carbocycles. The molecule has 1 amide bonds. The van der Waals surface area contributed by atoms with Crippen LogP contribution in [0.2, 0.25) is 0 Å². The van der Waals surface area contributed by atoms with Gasteiger partial charge in [-0.05, 0) is 6.42 Å². The Balaban J connectivity index is 2.62. The summed E-state index contributed by atoms with van der Waals surface area (Å²) in [6, 6.07) is 0. The summed E-state index contributed by atoms with van der Waals surface area (Å²) in [5.41, 5.74) is 0. The number of aromatic amines is 1. The minimum atomic E-state index is -0.213. The Morgan fingerprint density at radius 3 is 2.79 bits per heavy atom. The molecule has 1 aromatic rings. The van der Waals surface area contributed by atoms with E-state index < -0.39 is 0 Å². The number of hydrogen-bond acceptors (Lipinski definition) is 3. The van der Waals surface area contributed by atoms with Gasteiger partial charge in [-0.15, -0.1) is 5.10 Å². The molecule has 0 fully saturated rings. The van der Waals surface area contributed by atoms with E-state index in [9.17, 15) is 4.79 Å². The average Bonchev–Trinajstić information content (AvgIpc) is 2.62. The van der Waals surface area contributed by atoms with Gasteiger partial charge in [0.25, 0.3) is 5.91 Å². The highest BCUT2D eigenvalue weighted by molar-refractivity contribution is 5.90. The molecular weight excluding hydrogens is 180 g/mol. The van der Waals surface area contributed by atoms with Crippen molar-refractivity contribution in [3.63, 3.8) is 0 Å². The molecule has 5 nitrogen and oxygen atoms in total. The van der Waals surface area contributed by atoms with Gasteiger partial charge in [0.2, 0.25) is 5.82 Å². The summed E-state index contributed by atoms with van der Waals surface area (Å²) >= 11 is 0. The maximum Gasteiger partial charge on any atom is 0.290 e. The number of hydrogen-bond donors (Lipinski definition) is 2. The second-order valence-electron chi connectivity index (χ2n) is 3.45. The van der Waals surface area contributed by atoms with Gasteiger partial charge in [-0.3, -0.25) is 9.89 Å². The zero-order chi connectivity index (χ0) is 10.6. The van der Waals surface area contributed by atoms with Gasteiger partial charge in [0.1, 0.15) is 5.82 Å². The first-order valence-corrected chi connectivity index (χ1v) is 4.85. The fraction of sp³-hybridized carbons (Fsp3) is 0.667. The van der Waals surface area contributed by atoms with Crippen LogP contribution >= 0.6 is 0 Å². The number of rotatable bonds is 4. The summed E-state index contributed by atoms with van der Waals surface area (Å²) in [4.78, 5) is 15.5. The highest BCUT2D eigenvalue weighted by Crippen LogP contribution is 2.07. The van der Waals surface area contributed by atoms with Crippen molar-refractivity contribution < 1.29 is 4.79 Å². The largest absolute Gasteiger partial charge is 0.349 e. The molecule has 0 unspecified atom stereocenters. The molecule has 1 aromatic heterocycles. The van der Waals surface area contributed by atoms with E-state index in [1.807, 2.05) is 20.8 Å². The normalized spacial score (nSPS) is 10.6. The molecule has 0 aliphatic rings. The molecule has 0 spiro atoms. The molecule has 5 heteroatoms. The molecular formula is C9H16N4O. The maximum absolute atomic E-state index is 11.4. The van der Waals surface area contributed by atoms with Gasteiger partial charge in [-0.25, -0.2) is 4.98 Å². The Morgan fingerprint density at radius 1 is 1.57 bits per heavy atom. The van der Waals surface area contributed by atoms with Gasteiger partial charge in [-0.2, -0.15) is 0 Å². The molecule has 0 bridgehead atoms. The van der Waals surface area contributed by atoms with E-state index in [4.69, 9.17) is 0 Å². The van der Waals surface area contributed by atoms with Crippen LogP contribution in [0.4, 0.5) is 0 Å². The first-order chi connectivity index (χ1) is 6.65. The van der Waals surface area contributed by atoms with Gasteiger partial charge in [0.15, 0.2) is 0 Å². The molecule has 2 N–H and O–H groups in total. The van der Waals surface area contributed by atoms with Crippen LogP contribution in [-0.2, 0) is 0 Å². The van der Waals surface area contributed by atoms with Crippen molar-refractivity contribution in [1.82, 2.24) is 20.5 Å². The second kappa shape index (κ2) is 4.74. The Hall–Kier alpha value is -1.39. The summed E-state index contributed by atoms with van der Waals surface area (Å²) in [5.74, 6) is 1.01. The van der Waals surface area contributed by atoms with Crippen molar-refractivity contribution in [1.29, 1.82) is 0 Å². The minimum Gasteiger partial charge on any atom is -0.349 e. The van der Waals surface area contributed by atoms with Crippen LogP contribution in [0.3, 0.4) is 0 Å². The summed E-state index contributed by atoms with van der Waals surface area (Å²) in [6.45, 7) is 6.64. The lowest BCUT2D eigenvalue weighted by Gasteiger charge is -1.98. The van der Waals surface area contributed by atoms with Crippen molar-refractivity contribution in [2.75, 3.05) is 6.54 Å². The van der Waals surface area contributed by atoms with E-state index >= 15 is 0 Å². The predicted molar refractivity (Wildman–Crippen MR) is 53.1 cm³/mol. The Morgan fingerprint density at radius 2 is 2.29 bits per heavy atom. The van der Waals surface area contributed by atoms with Crippen LogP contribution in [0.15, 0.2) is 0 Å². The smallest absolute Gasteiger partial charge is 0.290 e. The number of aromatic nitrogens is 3. The van der Waals surface area contributed by atoms with Gasteiger partial charge in [-0.1, -0.05) is 20.8 Å². The third-order valence-corrected chi connectivity index (χ3v) is 1.79. The van der Waals surface area contributed by atoms with E-state index in [0.717, 1.165) is 12.2 Å². The quantitative estimate of drug-likeness (QED) is 0.756. The fourth-order valence-corrected chi connectivity index (χ4v) is 0.952. The molecule has 0 atom stereocenters. The molecule has 0 saturated heterocycles. The number of nitrogens with one attached hydrogen (secondary N) is 2. The highest BCUT2D eigenvalue weighted by Gasteiger charge is 2.12. The van der Waals surface area contributed by atoms with Gasteiger partial charge < -0.3 is 5.32 Å². The van der Waals surface area contributed by atoms with Crippen molar-refractivity contribution in [3.05, 3.63) is 11.6 Å². The zero-order valence-electron chi connectivity index (χ0n) is 8.79. The van der Waals surface area contributed by atoms with E-state index in [0.29, 0.717) is 6.54 Å². The van der Waals surface area contributed by atoms with Crippen LogP contribution in [-0.4, -0.2) is 27.6 Å². The van der Waals surface area contributed by atoms with E-state index in [-0.39, 0.29) is 17.6 Å². The third kappa shape index (κ3) is 2.55. The molecule has 1 rings (SSSR count). The van der Waals surface area contributed by atoms with E-state index in [2.05, 4.69) is 20.5 Å². The average molecular weight is 196 g/mol. The number of amides is 1. The van der Waals surface area contributed by atoms with Crippen LogP contribution < -0.4 is 5.32 Å². The first kappa shape index (κ1) is 10.7. The number of nitrogens with zero attached hydrogens (tertiary/aromatic N) is 2. The Kier molecular flexibility index (Phi) is 3.62. The Bertz CT molecular complexity index is 306. The lowest BCUT2D eigenvalue weighted by molar-refractivity contribution is 0.0943. The number of carbonyl (C=O) groups excluding carboxylic acids is 1. The SMILES string of the molecule is CCCNC(=O)c1n[nH]c(C(C)C)n1. The van der Waals surface area contributed by atoms with Crippen LogP contribution in [0, 0.1) is 0 Å². The topological polar surface area (TPSA) is 70.7 Å². The Labute approximate surface area is 83.3 Å².